The number of rotatable bonds is 48. The summed E-state index contributed by atoms with van der Waals surface area (Å²) in [6.45, 7) is 18.8. The Bertz CT molecular complexity index is 1560. The standard InChI is InChI=1S/4C14H24O6.Ti/c4*1-4-6-8-19-10-12(16)14(11(3)15,13(17)18)20-9-7-5-2;/h4*4-10H2,1-3H3,(H,17,18);/q;;;;+4/p-4. The molecule has 0 aliphatic rings. The van der Waals surface area contributed by atoms with Gasteiger partial charge in [0.05, 0.1) is 23.9 Å². The van der Waals surface area contributed by atoms with Crippen molar-refractivity contribution >= 4 is 70.1 Å². The molecule has 0 rings (SSSR count). The fraction of sp³-hybridized carbons (Fsp3) is 0.786. The van der Waals surface area contributed by atoms with Gasteiger partial charge in [0.25, 0.3) is 0 Å². The van der Waals surface area contributed by atoms with Gasteiger partial charge in [-0.05, 0) is 79.1 Å². The van der Waals surface area contributed by atoms with Crippen LogP contribution in [-0.4, -0.2) is 172 Å². The van der Waals surface area contributed by atoms with E-state index in [0.717, 1.165) is 105 Å². The first-order chi connectivity index (χ1) is 37.7. The third-order valence-electron chi connectivity index (χ3n) is 11.5. The molecule has 0 aromatic carbocycles. The Kier molecular flexibility index (Phi) is 52.9. The maximum Gasteiger partial charge on any atom is 4.00 e. The maximum atomic E-state index is 12.0. The molecule has 0 saturated carbocycles. The van der Waals surface area contributed by atoms with Crippen LogP contribution in [0.4, 0.5) is 0 Å². The molecule has 0 bridgehead atoms. The molecule has 81 heavy (non-hydrogen) atoms. The summed E-state index contributed by atoms with van der Waals surface area (Å²) in [4.78, 5) is 140. The number of hydrogen-bond donors (Lipinski definition) is 0. The number of hydrogen-bond acceptors (Lipinski definition) is 24. The summed E-state index contributed by atoms with van der Waals surface area (Å²) in [5, 5.41) is 45.0. The number of ether oxygens (including phenoxy) is 8. The molecular formula is C56H92O24Ti. The van der Waals surface area contributed by atoms with Gasteiger partial charge in [-0.1, -0.05) is 107 Å². The topological polar surface area (TPSA) is 371 Å². The summed E-state index contributed by atoms with van der Waals surface area (Å²) in [7, 11) is 0. The van der Waals surface area contributed by atoms with Crippen LogP contribution in [-0.2, 0) is 117 Å². The SMILES string of the molecule is CCCCOCC(=O)C(OCCCC)(C(C)=O)C(=O)[O-].CCCCOCC(=O)C(OCCCC)(C(C)=O)C(=O)[O-].CCCCOCC(=O)C(OCCCC)(C(C)=O)C(=O)[O-].CCCCOCC(=O)C(OCCCC)(C(C)=O)C(=O)[O-].[Ti+4]. The van der Waals surface area contributed by atoms with Crippen molar-refractivity contribution in [1.29, 1.82) is 0 Å². The van der Waals surface area contributed by atoms with E-state index in [1.165, 1.54) is 0 Å². The van der Waals surface area contributed by atoms with Crippen molar-refractivity contribution in [3.8, 4) is 0 Å². The molecule has 25 heteroatoms. The van der Waals surface area contributed by atoms with Gasteiger partial charge < -0.3 is 77.5 Å². The fourth-order valence-corrected chi connectivity index (χ4v) is 6.31. The van der Waals surface area contributed by atoms with Crippen molar-refractivity contribution in [1.82, 2.24) is 0 Å². The van der Waals surface area contributed by atoms with E-state index in [4.69, 9.17) is 37.9 Å². The van der Waals surface area contributed by atoms with Gasteiger partial charge in [-0.3, -0.25) is 38.4 Å². The molecule has 0 fully saturated rings. The molecule has 0 radical (unpaired) electrons. The second-order valence-corrected chi connectivity index (χ2v) is 18.2. The molecule has 24 nitrogen and oxygen atoms in total. The quantitative estimate of drug-likeness (QED) is 0.0467. The Labute approximate surface area is 493 Å². The molecule has 0 aromatic heterocycles. The number of carbonyl (C=O) groups excluding carboxylic acids is 12. The zero-order valence-corrected chi connectivity index (χ0v) is 51.7. The molecule has 0 heterocycles. The van der Waals surface area contributed by atoms with Crippen LogP contribution in [0.15, 0.2) is 0 Å². The number of unbranched alkanes of at least 4 members (excludes halogenated alkanes) is 8. The zero-order valence-electron chi connectivity index (χ0n) is 50.1. The number of ketones is 8. The van der Waals surface area contributed by atoms with Gasteiger partial charge in [0.1, 0.15) is 26.4 Å². The summed E-state index contributed by atoms with van der Waals surface area (Å²) < 4.78 is 40.6. The van der Waals surface area contributed by atoms with E-state index in [-0.39, 0.29) is 48.1 Å². The van der Waals surface area contributed by atoms with Crippen molar-refractivity contribution in [2.75, 3.05) is 79.3 Å². The van der Waals surface area contributed by atoms with Gasteiger partial charge in [-0.15, -0.1) is 0 Å². The van der Waals surface area contributed by atoms with Crippen molar-refractivity contribution < 1.29 is 138 Å². The van der Waals surface area contributed by atoms with Gasteiger partial charge in [0.2, 0.25) is 45.5 Å². The van der Waals surface area contributed by atoms with Gasteiger partial charge >= 0.3 is 21.7 Å². The van der Waals surface area contributed by atoms with Crippen molar-refractivity contribution in [3.05, 3.63) is 0 Å². The number of carbonyl (C=O) groups is 12. The number of carboxylic acid groups (broad SMARTS) is 4. The molecular weight excluding hydrogens is 1100 g/mol. The number of carboxylic acids is 4. The number of aliphatic carboxylic acids is 4. The normalized spacial score (nSPS) is 13.6. The van der Waals surface area contributed by atoms with Gasteiger partial charge in [-0.2, -0.15) is 0 Å². The molecule has 464 valence electrons. The Hall–Kier alpha value is -4.37. The smallest absolute Gasteiger partial charge is 0.546 e. The van der Waals surface area contributed by atoms with E-state index in [0.29, 0.717) is 52.1 Å². The van der Waals surface area contributed by atoms with E-state index in [9.17, 15) is 78.0 Å². The molecule has 0 aromatic rings. The van der Waals surface area contributed by atoms with E-state index in [1.54, 1.807) is 0 Å². The Morgan fingerprint density at radius 2 is 0.407 bits per heavy atom. The molecule has 4 unspecified atom stereocenters. The average molecular weight is 1200 g/mol. The predicted octanol–water partition coefficient (Wildman–Crippen LogP) is 1.06. The minimum absolute atomic E-state index is 0. The van der Waals surface area contributed by atoms with Crippen LogP contribution in [0.5, 0.6) is 0 Å². The minimum Gasteiger partial charge on any atom is -0.546 e. The largest absolute Gasteiger partial charge is 4.00 e. The summed E-state index contributed by atoms with van der Waals surface area (Å²) in [6, 6.07) is 0. The summed E-state index contributed by atoms with van der Waals surface area (Å²) in [5.41, 5.74) is -10.2. The van der Waals surface area contributed by atoms with Gasteiger partial charge in [-0.25, -0.2) is 0 Å². The second kappa shape index (κ2) is 50.2. The first-order valence-corrected chi connectivity index (χ1v) is 27.6. The number of Topliss-reactive ketones (excluding diaryl/α,β-unsaturated/α-hetero) is 8. The first kappa shape index (κ1) is 85.4. The van der Waals surface area contributed by atoms with Crippen LogP contribution in [0.2, 0.25) is 0 Å². The second-order valence-electron chi connectivity index (χ2n) is 18.2. The molecule has 0 aliphatic heterocycles. The molecule has 0 spiro atoms. The average Bonchev–Trinajstić information content (AvgIpc) is 3.39. The molecule has 0 N–H and O–H groups in total. The maximum absolute atomic E-state index is 12.0. The minimum atomic E-state index is -2.54. The molecule has 0 saturated heterocycles. The van der Waals surface area contributed by atoms with Crippen molar-refractivity contribution in [2.45, 2.75) is 208 Å². The van der Waals surface area contributed by atoms with E-state index < -0.39 is 119 Å². The van der Waals surface area contributed by atoms with Crippen LogP contribution in [0.3, 0.4) is 0 Å². The van der Waals surface area contributed by atoms with Gasteiger partial charge in [0, 0.05) is 52.9 Å². The first-order valence-electron chi connectivity index (χ1n) is 27.6. The predicted molar refractivity (Wildman–Crippen MR) is 280 cm³/mol. The summed E-state index contributed by atoms with van der Waals surface area (Å²) in [5.74, 6) is -14.6. The van der Waals surface area contributed by atoms with Crippen LogP contribution in [0, 0.1) is 0 Å². The van der Waals surface area contributed by atoms with Crippen LogP contribution >= 0.6 is 0 Å². The Morgan fingerprint density at radius 3 is 0.519 bits per heavy atom. The van der Waals surface area contributed by atoms with Crippen LogP contribution in [0.1, 0.15) is 186 Å². The molecule has 4 atom stereocenters. The third kappa shape index (κ3) is 30.7. The third-order valence-corrected chi connectivity index (χ3v) is 11.5. The van der Waals surface area contributed by atoms with Crippen molar-refractivity contribution in [3.63, 3.8) is 0 Å². The summed E-state index contributed by atoms with van der Waals surface area (Å²) >= 11 is 0. The fourth-order valence-electron chi connectivity index (χ4n) is 6.31. The van der Waals surface area contributed by atoms with Crippen LogP contribution < -0.4 is 20.4 Å². The zero-order chi connectivity index (χ0) is 62.4. The molecule has 0 aliphatic carbocycles. The Balaban J connectivity index is -0.000000316. The van der Waals surface area contributed by atoms with Crippen LogP contribution in [0.25, 0.3) is 0 Å². The van der Waals surface area contributed by atoms with E-state index in [2.05, 4.69) is 0 Å². The van der Waals surface area contributed by atoms with Gasteiger partial charge in [0.15, 0.2) is 23.1 Å². The monoisotopic (exact) mass is 1200 g/mol. The van der Waals surface area contributed by atoms with E-state index >= 15 is 0 Å². The molecule has 0 amide bonds. The Morgan fingerprint density at radius 1 is 0.272 bits per heavy atom. The van der Waals surface area contributed by atoms with Crippen molar-refractivity contribution in [2.24, 2.45) is 0 Å². The summed E-state index contributed by atoms with van der Waals surface area (Å²) in [6.07, 6.45) is 11.8. The van der Waals surface area contributed by atoms with E-state index in [1.807, 2.05) is 55.4 Å².